The minimum Gasteiger partial charge on any atom is -0.330 e. The Hall–Kier alpha value is -3.76. The number of hydrogen-bond acceptors (Lipinski definition) is 4. The fourth-order valence-electron chi connectivity index (χ4n) is 4.78. The predicted molar refractivity (Wildman–Crippen MR) is 120 cm³/mol. The molecule has 11 heteroatoms. The molecule has 4 heterocycles. The quantitative estimate of drug-likeness (QED) is 0.389. The summed E-state index contributed by atoms with van der Waals surface area (Å²) in [7, 11) is 3.12. The zero-order valence-electron chi connectivity index (χ0n) is 19.5. The first-order chi connectivity index (χ1) is 16.5. The van der Waals surface area contributed by atoms with E-state index in [2.05, 4.69) is 15.2 Å². The van der Waals surface area contributed by atoms with E-state index < -0.39 is 23.7 Å². The normalized spacial score (nSPS) is 16.1. The maximum absolute atomic E-state index is 14.5. The number of hydrogen-bond donors (Lipinski definition) is 0. The Balaban J connectivity index is 1.50. The van der Waals surface area contributed by atoms with Crippen molar-refractivity contribution < 1.29 is 22.4 Å². The molecule has 0 spiro atoms. The van der Waals surface area contributed by atoms with E-state index >= 15 is 0 Å². The van der Waals surface area contributed by atoms with Crippen LogP contribution in [0.25, 0.3) is 22.3 Å². The minimum atomic E-state index is -4.56. The van der Waals surface area contributed by atoms with Gasteiger partial charge in [-0.05, 0) is 50.6 Å². The average molecular weight is 486 g/mol. The lowest BCUT2D eigenvalue weighted by Gasteiger charge is -2.33. The first-order valence-corrected chi connectivity index (χ1v) is 11.0. The van der Waals surface area contributed by atoms with Gasteiger partial charge < -0.3 is 4.90 Å². The van der Waals surface area contributed by atoms with Gasteiger partial charge in [-0.25, -0.2) is 4.39 Å². The highest BCUT2D eigenvalue weighted by Crippen LogP contribution is 2.38. The average Bonchev–Trinajstić information content (AvgIpc) is 3.32. The fourth-order valence-corrected chi connectivity index (χ4v) is 4.78. The molecule has 0 unspecified atom stereocenters. The van der Waals surface area contributed by atoms with Gasteiger partial charge in [0.15, 0.2) is 5.69 Å². The van der Waals surface area contributed by atoms with E-state index in [1.165, 1.54) is 28.5 Å². The maximum atomic E-state index is 14.5. The predicted octanol–water partition coefficient (Wildman–Crippen LogP) is 4.59. The van der Waals surface area contributed by atoms with Crippen LogP contribution < -0.4 is 0 Å². The maximum Gasteiger partial charge on any atom is 0.435 e. The van der Waals surface area contributed by atoms with E-state index in [1.807, 2.05) is 6.92 Å². The van der Waals surface area contributed by atoms with Crippen molar-refractivity contribution in [3.05, 3.63) is 64.4 Å². The summed E-state index contributed by atoms with van der Waals surface area (Å²) in [4.78, 5) is 19.3. The zero-order chi connectivity index (χ0) is 25.2. The zero-order valence-corrected chi connectivity index (χ0v) is 19.5. The van der Waals surface area contributed by atoms with Gasteiger partial charge in [0.25, 0.3) is 5.91 Å². The lowest BCUT2D eigenvalue weighted by Crippen LogP contribution is -2.38. The molecule has 35 heavy (non-hydrogen) atoms. The molecule has 3 aromatic heterocycles. The van der Waals surface area contributed by atoms with Gasteiger partial charge in [-0.2, -0.15) is 23.4 Å². The highest BCUT2D eigenvalue weighted by molar-refractivity contribution is 5.98. The summed E-state index contributed by atoms with van der Waals surface area (Å²) in [6.45, 7) is 3.86. The summed E-state index contributed by atoms with van der Waals surface area (Å²) in [6, 6.07) is 6.65. The highest BCUT2D eigenvalue weighted by atomic mass is 19.4. The second-order valence-corrected chi connectivity index (χ2v) is 8.77. The van der Waals surface area contributed by atoms with Gasteiger partial charge in [-0.3, -0.25) is 19.1 Å². The van der Waals surface area contributed by atoms with Crippen molar-refractivity contribution in [2.75, 3.05) is 6.54 Å². The molecule has 0 bridgehead atoms. The number of benzene rings is 1. The van der Waals surface area contributed by atoms with Crippen molar-refractivity contribution in [2.45, 2.75) is 32.5 Å². The Kier molecular flexibility index (Phi) is 5.19. The van der Waals surface area contributed by atoms with Crippen molar-refractivity contribution in [2.24, 2.45) is 14.1 Å². The van der Waals surface area contributed by atoms with Crippen molar-refractivity contribution in [1.29, 1.82) is 0 Å². The number of rotatable bonds is 2. The molecule has 0 radical (unpaired) electrons. The van der Waals surface area contributed by atoms with Gasteiger partial charge in [0.05, 0.1) is 28.6 Å². The number of nitrogens with zero attached hydrogens (tertiary/aromatic N) is 6. The summed E-state index contributed by atoms with van der Waals surface area (Å²) in [5.74, 6) is -0.725. The van der Waals surface area contributed by atoms with Crippen LogP contribution in [0.5, 0.6) is 0 Å². The highest BCUT2D eigenvalue weighted by Gasteiger charge is 2.37. The molecule has 0 aliphatic carbocycles. The van der Waals surface area contributed by atoms with E-state index in [1.54, 1.807) is 31.0 Å². The van der Waals surface area contributed by atoms with Crippen LogP contribution >= 0.6 is 0 Å². The van der Waals surface area contributed by atoms with Crippen LogP contribution in [0.4, 0.5) is 17.6 Å². The molecule has 5 rings (SSSR count). The molecule has 0 fully saturated rings. The standard InChI is InChI=1S/C24H22F4N6O/c1-12-9-17(25)16-10-14(5-6-18(16)29-12)23(35)34-8-7-15-21(13(34)2)31-33(4)22(15)19-11-20(24(26,27)28)30-32(19)3/h5-6,9-11,13H,7-8H2,1-4H3/t13-/m0/s1. The number of halogens is 4. The molecule has 1 aliphatic rings. The van der Waals surface area contributed by atoms with Crippen LogP contribution in [0, 0.1) is 12.7 Å². The van der Waals surface area contributed by atoms with Gasteiger partial charge in [0, 0.05) is 42.8 Å². The van der Waals surface area contributed by atoms with Crippen LogP contribution in [0.3, 0.4) is 0 Å². The summed E-state index contributed by atoms with van der Waals surface area (Å²) in [5, 5.41) is 8.44. The summed E-state index contributed by atoms with van der Waals surface area (Å²) in [5.41, 5.74) is 2.61. The number of fused-ring (bicyclic) bond motifs is 2. The number of alkyl halides is 3. The number of aromatic nitrogens is 5. The lowest BCUT2D eigenvalue weighted by molar-refractivity contribution is -0.141. The number of amides is 1. The lowest BCUT2D eigenvalue weighted by atomic mass is 9.96. The largest absolute Gasteiger partial charge is 0.435 e. The monoisotopic (exact) mass is 486 g/mol. The van der Waals surface area contributed by atoms with Crippen LogP contribution in [0.1, 0.15) is 46.0 Å². The molecule has 1 aromatic carbocycles. The van der Waals surface area contributed by atoms with Crippen molar-refractivity contribution in [3.8, 4) is 11.4 Å². The Morgan fingerprint density at radius 1 is 1.09 bits per heavy atom. The molecule has 0 saturated heterocycles. The molecule has 7 nitrogen and oxygen atoms in total. The Bertz CT molecular complexity index is 1490. The van der Waals surface area contributed by atoms with Crippen LogP contribution in [0.15, 0.2) is 30.3 Å². The Morgan fingerprint density at radius 3 is 2.51 bits per heavy atom. The molecule has 1 aliphatic heterocycles. The summed E-state index contributed by atoms with van der Waals surface area (Å²) in [6.07, 6.45) is -4.15. The smallest absolute Gasteiger partial charge is 0.330 e. The number of aryl methyl sites for hydroxylation is 3. The first-order valence-electron chi connectivity index (χ1n) is 11.0. The van der Waals surface area contributed by atoms with E-state index in [9.17, 15) is 22.4 Å². The number of pyridine rings is 1. The molecule has 0 saturated carbocycles. The van der Waals surface area contributed by atoms with Gasteiger partial charge in [0.1, 0.15) is 5.82 Å². The SMILES string of the molecule is Cc1cc(F)c2cc(C(=O)N3CCc4c(nn(C)c4-c4cc(C(F)(F)F)nn4C)[C@@H]3C)ccc2n1. The molecular formula is C24H22F4N6O. The van der Waals surface area contributed by atoms with Crippen molar-refractivity contribution in [3.63, 3.8) is 0 Å². The molecular weight excluding hydrogens is 464 g/mol. The minimum absolute atomic E-state index is 0.267. The number of carbonyl (C=O) groups excluding carboxylic acids is 1. The second-order valence-electron chi connectivity index (χ2n) is 8.77. The van der Waals surface area contributed by atoms with E-state index in [4.69, 9.17) is 0 Å². The van der Waals surface area contributed by atoms with Crippen molar-refractivity contribution in [1.82, 2.24) is 29.4 Å². The van der Waals surface area contributed by atoms with E-state index in [0.29, 0.717) is 46.8 Å². The second kappa shape index (κ2) is 7.89. The van der Waals surface area contributed by atoms with Crippen LogP contribution in [-0.4, -0.2) is 41.9 Å². The van der Waals surface area contributed by atoms with Gasteiger partial charge in [-0.1, -0.05) is 0 Å². The van der Waals surface area contributed by atoms with Gasteiger partial charge in [0.2, 0.25) is 0 Å². The third-order valence-corrected chi connectivity index (χ3v) is 6.45. The molecule has 0 N–H and O–H groups in total. The first kappa shape index (κ1) is 23.0. The molecule has 1 atom stereocenters. The van der Waals surface area contributed by atoms with E-state index in [-0.39, 0.29) is 11.3 Å². The number of carbonyl (C=O) groups is 1. The van der Waals surface area contributed by atoms with Crippen LogP contribution in [-0.2, 0) is 26.7 Å². The summed E-state index contributed by atoms with van der Waals surface area (Å²) >= 11 is 0. The molecule has 1 amide bonds. The molecule has 4 aromatic rings. The van der Waals surface area contributed by atoms with Gasteiger partial charge in [-0.15, -0.1) is 0 Å². The van der Waals surface area contributed by atoms with Crippen molar-refractivity contribution >= 4 is 16.8 Å². The topological polar surface area (TPSA) is 68.8 Å². The Morgan fingerprint density at radius 2 is 1.83 bits per heavy atom. The Labute approximate surface area is 198 Å². The fraction of sp³-hybridized carbons (Fsp3) is 0.333. The third-order valence-electron chi connectivity index (χ3n) is 6.45. The van der Waals surface area contributed by atoms with E-state index in [0.717, 1.165) is 11.6 Å². The third kappa shape index (κ3) is 3.75. The van der Waals surface area contributed by atoms with Crippen LogP contribution in [0.2, 0.25) is 0 Å². The molecule has 182 valence electrons. The van der Waals surface area contributed by atoms with Gasteiger partial charge >= 0.3 is 6.18 Å². The summed E-state index contributed by atoms with van der Waals surface area (Å²) < 4.78 is 56.8.